The van der Waals surface area contributed by atoms with Gasteiger partial charge in [-0.2, -0.15) is 0 Å². The van der Waals surface area contributed by atoms with Crippen LogP contribution in [0.1, 0.15) is 121 Å². The molecule has 2 aliphatic rings. The molecule has 0 radical (unpaired) electrons. The highest BCUT2D eigenvalue weighted by molar-refractivity contribution is 6.09. The van der Waals surface area contributed by atoms with E-state index in [1.807, 2.05) is 24.0 Å². The fraction of sp³-hybridized carbons (Fsp3) is 0.500. The van der Waals surface area contributed by atoms with Crippen LogP contribution in [0, 0.1) is 12.8 Å². The van der Waals surface area contributed by atoms with Crippen LogP contribution < -0.4 is 9.47 Å². The van der Waals surface area contributed by atoms with Gasteiger partial charge in [0, 0.05) is 12.1 Å². The van der Waals surface area contributed by atoms with E-state index in [1.54, 1.807) is 26.4 Å². The number of amides is 1. The zero-order chi connectivity index (χ0) is 30.6. The molecule has 1 aromatic heterocycles. The van der Waals surface area contributed by atoms with E-state index >= 15 is 0 Å². The molecule has 42 heavy (non-hydrogen) atoms. The molecule has 1 unspecified atom stereocenters. The highest BCUT2D eigenvalue weighted by Crippen LogP contribution is 2.47. The van der Waals surface area contributed by atoms with Crippen LogP contribution in [0.5, 0.6) is 11.5 Å². The second-order valence-electron chi connectivity index (χ2n) is 13.8. The number of rotatable bonds is 7. The zero-order valence-electron chi connectivity index (χ0n) is 26.6. The monoisotopic (exact) mass is 571 g/mol. The van der Waals surface area contributed by atoms with E-state index in [4.69, 9.17) is 13.9 Å². The van der Waals surface area contributed by atoms with E-state index < -0.39 is 0 Å². The number of aryl methyl sites for hydroxylation is 1. The smallest absolute Gasteiger partial charge is 0.290 e. The Balaban J connectivity index is 1.46. The average Bonchev–Trinajstić information content (AvgIpc) is 3.44. The Morgan fingerprint density at radius 2 is 1.52 bits per heavy atom. The number of hydrogen-bond donors (Lipinski definition) is 0. The van der Waals surface area contributed by atoms with E-state index in [1.165, 1.54) is 11.1 Å². The Kier molecular flexibility index (Phi) is 7.80. The van der Waals surface area contributed by atoms with Crippen molar-refractivity contribution in [2.45, 2.75) is 91.0 Å². The lowest BCUT2D eigenvalue weighted by molar-refractivity contribution is 0.0601. The Morgan fingerprint density at radius 1 is 0.929 bits per heavy atom. The van der Waals surface area contributed by atoms with Crippen LogP contribution in [0.2, 0.25) is 0 Å². The molecule has 1 aliphatic heterocycles. The summed E-state index contributed by atoms with van der Waals surface area (Å²) in [5.41, 5.74) is 6.40. The molecule has 0 bridgehead atoms. The fourth-order valence-electron chi connectivity index (χ4n) is 6.79. The largest absolute Gasteiger partial charge is 0.493 e. The molecule has 6 heteroatoms. The summed E-state index contributed by atoms with van der Waals surface area (Å²) in [6.45, 7) is 15.9. The summed E-state index contributed by atoms with van der Waals surface area (Å²) in [5.74, 6) is 1.69. The predicted molar refractivity (Wildman–Crippen MR) is 165 cm³/mol. The van der Waals surface area contributed by atoms with Crippen molar-refractivity contribution in [1.29, 1.82) is 0 Å². The molecule has 3 aromatic rings. The standard InChI is InChI=1S/C36H45NO5/c1-21(2)16-28-25-20-32(41-9)31(40-8)18-23(25)12-15-37(28)34(39)30-11-10-29(42-30)33(38)24-19-27-26(17-22(24)3)35(4,5)13-14-36(27,6)7/h10-11,17-21,28H,12-16H2,1-9H3. The molecular weight excluding hydrogens is 526 g/mol. The molecule has 0 spiro atoms. The lowest BCUT2D eigenvalue weighted by atomic mass is 9.62. The normalized spacial score (nSPS) is 18.8. The van der Waals surface area contributed by atoms with E-state index in [0.29, 0.717) is 35.9 Å². The van der Waals surface area contributed by atoms with Gasteiger partial charge in [0.25, 0.3) is 5.91 Å². The first-order chi connectivity index (χ1) is 19.8. The minimum absolute atomic E-state index is 0.0133. The fourth-order valence-corrected chi connectivity index (χ4v) is 6.79. The maximum atomic E-state index is 13.9. The van der Waals surface area contributed by atoms with Crippen LogP contribution in [0.4, 0.5) is 0 Å². The molecular formula is C36H45NO5. The van der Waals surface area contributed by atoms with Crippen molar-refractivity contribution in [1.82, 2.24) is 4.90 Å². The van der Waals surface area contributed by atoms with E-state index in [-0.39, 0.29) is 40.1 Å². The lowest BCUT2D eigenvalue weighted by Crippen LogP contribution is -2.40. The third-order valence-corrected chi connectivity index (χ3v) is 9.44. The van der Waals surface area contributed by atoms with Gasteiger partial charge in [-0.15, -0.1) is 0 Å². The van der Waals surface area contributed by atoms with Crippen LogP contribution in [-0.4, -0.2) is 37.4 Å². The van der Waals surface area contributed by atoms with E-state index in [2.05, 4.69) is 53.7 Å². The number of benzene rings is 2. The van der Waals surface area contributed by atoms with E-state index in [0.717, 1.165) is 36.0 Å². The molecule has 1 atom stereocenters. The summed E-state index contributed by atoms with van der Waals surface area (Å²) in [4.78, 5) is 29.6. The highest BCUT2D eigenvalue weighted by atomic mass is 16.5. The topological polar surface area (TPSA) is 69.0 Å². The molecule has 1 amide bonds. The summed E-state index contributed by atoms with van der Waals surface area (Å²) in [6, 6.07) is 11.4. The third kappa shape index (κ3) is 5.25. The van der Waals surface area contributed by atoms with Crippen LogP contribution in [0.3, 0.4) is 0 Å². The number of hydrogen-bond acceptors (Lipinski definition) is 5. The molecule has 0 fully saturated rings. The lowest BCUT2D eigenvalue weighted by Gasteiger charge is -2.42. The van der Waals surface area contributed by atoms with Gasteiger partial charge in [0.15, 0.2) is 23.0 Å². The van der Waals surface area contributed by atoms with Gasteiger partial charge in [-0.05, 0) is 108 Å². The summed E-state index contributed by atoms with van der Waals surface area (Å²) in [6.07, 6.45) is 3.67. The number of furan rings is 1. The number of ketones is 1. The molecule has 224 valence electrons. The molecule has 2 aromatic carbocycles. The van der Waals surface area contributed by atoms with Crippen molar-refractivity contribution < 1.29 is 23.5 Å². The number of ether oxygens (including phenoxy) is 2. The molecule has 1 aliphatic carbocycles. The zero-order valence-corrected chi connectivity index (χ0v) is 26.6. The first-order valence-corrected chi connectivity index (χ1v) is 15.1. The van der Waals surface area contributed by atoms with Gasteiger partial charge in [-0.1, -0.05) is 47.6 Å². The first-order valence-electron chi connectivity index (χ1n) is 15.1. The number of carbonyl (C=O) groups excluding carboxylic acids is 2. The first kappa shape index (κ1) is 29.9. The predicted octanol–water partition coefficient (Wildman–Crippen LogP) is 7.97. The maximum absolute atomic E-state index is 13.9. The van der Waals surface area contributed by atoms with Crippen molar-refractivity contribution in [3.8, 4) is 11.5 Å². The van der Waals surface area contributed by atoms with Crippen molar-refractivity contribution >= 4 is 11.7 Å². The van der Waals surface area contributed by atoms with Gasteiger partial charge < -0.3 is 18.8 Å². The number of nitrogens with zero attached hydrogens (tertiary/aromatic N) is 1. The highest BCUT2D eigenvalue weighted by Gasteiger charge is 2.39. The third-order valence-electron chi connectivity index (χ3n) is 9.44. The quantitative estimate of drug-likeness (QED) is 0.269. The summed E-state index contributed by atoms with van der Waals surface area (Å²) in [7, 11) is 3.26. The van der Waals surface area contributed by atoms with Crippen LogP contribution in [0.25, 0.3) is 0 Å². The Labute approximate surface area is 250 Å². The second kappa shape index (κ2) is 10.9. The Bertz CT molecular complexity index is 1530. The van der Waals surface area contributed by atoms with Crippen LogP contribution >= 0.6 is 0 Å². The molecule has 0 N–H and O–H groups in total. The Hall–Kier alpha value is -3.54. The second-order valence-corrected chi connectivity index (χ2v) is 13.8. The molecule has 2 heterocycles. The van der Waals surface area contributed by atoms with Gasteiger partial charge in [0.1, 0.15) is 0 Å². The summed E-state index contributed by atoms with van der Waals surface area (Å²) >= 11 is 0. The van der Waals surface area contributed by atoms with Crippen LogP contribution in [-0.2, 0) is 17.3 Å². The van der Waals surface area contributed by atoms with Gasteiger partial charge in [-0.3, -0.25) is 9.59 Å². The molecule has 0 saturated carbocycles. The summed E-state index contributed by atoms with van der Waals surface area (Å²) < 4.78 is 17.2. The SMILES string of the molecule is COc1cc2c(cc1OC)C(CC(C)C)N(C(=O)c1ccc(C(=O)c3cc4c(cc3C)C(C)(C)CCC4(C)C)o1)CC2. The number of fused-ring (bicyclic) bond motifs is 2. The molecule has 0 saturated heterocycles. The van der Waals surface area contributed by atoms with Gasteiger partial charge in [0.05, 0.1) is 20.3 Å². The minimum Gasteiger partial charge on any atom is -0.493 e. The Morgan fingerprint density at radius 3 is 2.14 bits per heavy atom. The number of methoxy groups -OCH3 is 2. The maximum Gasteiger partial charge on any atom is 0.290 e. The van der Waals surface area contributed by atoms with Crippen molar-refractivity contribution in [3.05, 3.63) is 81.3 Å². The van der Waals surface area contributed by atoms with Crippen molar-refractivity contribution in [2.75, 3.05) is 20.8 Å². The average molecular weight is 572 g/mol. The van der Waals surface area contributed by atoms with Gasteiger partial charge in [0.2, 0.25) is 5.78 Å². The van der Waals surface area contributed by atoms with Gasteiger partial charge in [-0.25, -0.2) is 0 Å². The minimum atomic E-state index is -0.204. The van der Waals surface area contributed by atoms with Gasteiger partial charge >= 0.3 is 0 Å². The number of carbonyl (C=O) groups is 2. The molecule has 6 nitrogen and oxygen atoms in total. The molecule has 5 rings (SSSR count). The van der Waals surface area contributed by atoms with E-state index in [9.17, 15) is 9.59 Å². The van der Waals surface area contributed by atoms with Crippen LogP contribution in [0.15, 0.2) is 40.8 Å². The summed E-state index contributed by atoms with van der Waals surface area (Å²) in [5, 5.41) is 0. The van der Waals surface area contributed by atoms with Crippen molar-refractivity contribution in [2.24, 2.45) is 5.92 Å². The van der Waals surface area contributed by atoms with Crippen molar-refractivity contribution in [3.63, 3.8) is 0 Å².